The highest BCUT2D eigenvalue weighted by atomic mass is 127. The number of carbonyl (C=O) groups excluding carboxylic acids is 9. The van der Waals surface area contributed by atoms with Gasteiger partial charge in [-0.3, -0.25) is 43.2 Å². The summed E-state index contributed by atoms with van der Waals surface area (Å²) in [6, 6.07) is 0. The van der Waals surface area contributed by atoms with Crippen molar-refractivity contribution in [2.75, 3.05) is 94.9 Å². The van der Waals surface area contributed by atoms with Gasteiger partial charge in [0, 0.05) is 50.0 Å². The van der Waals surface area contributed by atoms with Gasteiger partial charge in [0.05, 0.1) is 130 Å². The van der Waals surface area contributed by atoms with E-state index in [2.05, 4.69) is 47.9 Å². The molecule has 33 nitrogen and oxygen atoms in total. The van der Waals surface area contributed by atoms with Crippen LogP contribution >= 0.6 is 203 Å². The standard InChI is InChI=1S/C52H64I9N9O24/c53-29-23(32(56)38(68-50(92)41(83)20(80)13-74)35(59)26(29)47(89)65-7-17(77)10-71)44(86)62-4-1-16(2-5-63-45(87)24-30(54)27(48(90)66-8-18(78)11-72)36(60)39(33(24)57)69-51(93)42(84)21(81)14-75)3-6-64-46(88)25-31(55)28(49(91)67-9-19(79)12-73)37(61)40(34(25)58)70-52(94)43(85)22(82)15-76/h16-22,41-43,71-85H,1-15H2,(H,62,86)(H,63,87)(H,64,88)(H,65,89)(H,66,90)(H,67,91)(H,68,92)(H,69,93)(H,70,94). The van der Waals surface area contributed by atoms with Crippen molar-refractivity contribution in [3.8, 4) is 0 Å². The summed E-state index contributed by atoms with van der Waals surface area (Å²) in [5, 5.41) is 171. The molecule has 0 heterocycles. The fourth-order valence-corrected chi connectivity index (χ4v) is 21.1. The zero-order chi connectivity index (χ0) is 71.3. The van der Waals surface area contributed by atoms with Crippen molar-refractivity contribution in [3.05, 3.63) is 65.5 Å². The van der Waals surface area contributed by atoms with E-state index in [4.69, 9.17) is 0 Å². The molecule has 0 fully saturated rings. The number of carbonyl (C=O) groups is 9. The van der Waals surface area contributed by atoms with Gasteiger partial charge in [-0.1, -0.05) is 0 Å². The van der Waals surface area contributed by atoms with Crippen LogP contribution in [0.5, 0.6) is 0 Å². The summed E-state index contributed by atoms with van der Waals surface area (Å²) in [6.45, 7) is -7.25. The van der Waals surface area contributed by atoms with Gasteiger partial charge in [-0.25, -0.2) is 0 Å². The molecule has 0 aliphatic heterocycles. The van der Waals surface area contributed by atoms with Crippen LogP contribution in [-0.4, -0.2) is 264 Å². The summed E-state index contributed by atoms with van der Waals surface area (Å²) in [5.74, 6) is -9.49. The second kappa shape index (κ2) is 42.3. The lowest BCUT2D eigenvalue weighted by molar-refractivity contribution is -0.131. The van der Waals surface area contributed by atoms with Gasteiger partial charge in [0.15, 0.2) is 18.3 Å². The van der Waals surface area contributed by atoms with Gasteiger partial charge >= 0.3 is 0 Å². The molecule has 0 aliphatic rings. The minimum Gasteiger partial charge on any atom is -0.394 e. The van der Waals surface area contributed by atoms with E-state index in [1.165, 1.54) is 0 Å². The van der Waals surface area contributed by atoms with E-state index in [1.54, 1.807) is 203 Å². The van der Waals surface area contributed by atoms with Gasteiger partial charge < -0.3 is 124 Å². The maximum Gasteiger partial charge on any atom is 0.256 e. The molecule has 0 aromatic heterocycles. The fraction of sp³-hybridized carbons (Fsp3) is 0.481. The SMILES string of the molecule is O=C(NCCC(CCNC(=O)c1c(I)c(NC(=O)C(O)C(O)CO)c(I)c(C(=O)NCC(O)CO)c1I)CCNC(=O)c1c(I)c(NC(=O)C(O)C(O)CO)c(I)c(C(=O)NCC(O)CO)c1I)c1c(I)c(NC(=O)C(O)C(O)CO)c(I)c(C(=O)NCC(O)CO)c1I. The van der Waals surface area contributed by atoms with Crippen LogP contribution in [0.4, 0.5) is 17.1 Å². The third-order valence-electron chi connectivity index (χ3n) is 13.2. The topological polar surface area (TPSA) is 565 Å². The van der Waals surface area contributed by atoms with Crippen LogP contribution in [-0.2, 0) is 14.4 Å². The Morgan fingerprint density at radius 2 is 0.479 bits per heavy atom. The molecular formula is C52H64I9N9O24. The van der Waals surface area contributed by atoms with Crippen molar-refractivity contribution >= 4 is 274 Å². The number of aliphatic hydroxyl groups is 15. The quantitative estimate of drug-likeness (QED) is 0.0254. The zero-order valence-electron chi connectivity index (χ0n) is 48.2. The minimum absolute atomic E-state index is 0.0191. The van der Waals surface area contributed by atoms with Gasteiger partial charge in [-0.15, -0.1) is 0 Å². The van der Waals surface area contributed by atoms with E-state index in [0.29, 0.717) is 0 Å². The Morgan fingerprint density at radius 3 is 0.660 bits per heavy atom. The molecule has 94 heavy (non-hydrogen) atoms. The number of benzene rings is 3. The largest absolute Gasteiger partial charge is 0.394 e. The second-order valence-corrected chi connectivity index (χ2v) is 29.6. The molecule has 0 radical (unpaired) electrons. The van der Waals surface area contributed by atoms with Crippen molar-refractivity contribution in [1.82, 2.24) is 31.9 Å². The van der Waals surface area contributed by atoms with Crippen LogP contribution in [0.2, 0.25) is 0 Å². The van der Waals surface area contributed by atoms with Crippen molar-refractivity contribution in [3.63, 3.8) is 0 Å². The average Bonchev–Trinajstić information content (AvgIpc) is 0.787. The number of nitrogens with one attached hydrogen (secondary N) is 9. The molecule has 42 heteroatoms. The predicted molar refractivity (Wildman–Crippen MR) is 408 cm³/mol. The number of hydrogen-bond donors (Lipinski definition) is 24. The van der Waals surface area contributed by atoms with Crippen molar-refractivity contribution in [2.45, 2.75) is 74.2 Å². The second-order valence-electron chi connectivity index (χ2n) is 19.9. The Kier molecular flexibility index (Phi) is 39.2. The first-order valence-electron chi connectivity index (χ1n) is 27.1. The lowest BCUT2D eigenvalue weighted by Crippen LogP contribution is -2.41. The fourth-order valence-electron chi connectivity index (χ4n) is 7.89. The highest BCUT2D eigenvalue weighted by molar-refractivity contribution is 14.1. The number of rotatable bonds is 36. The van der Waals surface area contributed by atoms with E-state index in [-0.39, 0.29) is 121 Å². The van der Waals surface area contributed by atoms with Gasteiger partial charge in [0.2, 0.25) is 0 Å². The minimum atomic E-state index is -2.19. The highest BCUT2D eigenvalue weighted by Gasteiger charge is 2.36. The lowest BCUT2D eigenvalue weighted by Gasteiger charge is -2.23. The lowest BCUT2D eigenvalue weighted by atomic mass is 9.96. The Bertz CT molecular complexity index is 2940. The van der Waals surface area contributed by atoms with E-state index >= 15 is 0 Å². The van der Waals surface area contributed by atoms with Gasteiger partial charge in [0.1, 0.15) is 18.3 Å². The van der Waals surface area contributed by atoms with E-state index < -0.39 is 173 Å². The number of halogens is 9. The molecule has 3 aromatic rings. The van der Waals surface area contributed by atoms with Crippen molar-refractivity contribution < 1.29 is 120 Å². The summed E-state index contributed by atoms with van der Waals surface area (Å²) < 4.78 is 0.191. The van der Waals surface area contributed by atoms with Gasteiger partial charge in [0.25, 0.3) is 53.2 Å². The molecule has 9 atom stereocenters. The monoisotopic (exact) mass is 2340 g/mol. The highest BCUT2D eigenvalue weighted by Crippen LogP contribution is 2.39. The van der Waals surface area contributed by atoms with Gasteiger partial charge in [-0.2, -0.15) is 0 Å². The van der Waals surface area contributed by atoms with E-state index in [9.17, 15) is 120 Å². The smallest absolute Gasteiger partial charge is 0.256 e. The van der Waals surface area contributed by atoms with E-state index in [1.807, 2.05) is 0 Å². The third kappa shape index (κ3) is 23.7. The molecule has 0 spiro atoms. The first-order chi connectivity index (χ1) is 44.1. The van der Waals surface area contributed by atoms with Crippen molar-refractivity contribution in [2.24, 2.45) is 5.92 Å². The number of anilines is 3. The van der Waals surface area contributed by atoms with Crippen LogP contribution in [0.15, 0.2) is 0 Å². The van der Waals surface area contributed by atoms with Crippen molar-refractivity contribution in [1.29, 1.82) is 0 Å². The summed E-state index contributed by atoms with van der Waals surface area (Å²) in [5.41, 5.74) is -1.75. The molecule has 3 rings (SSSR count). The number of hydrogen-bond acceptors (Lipinski definition) is 24. The predicted octanol–water partition coefficient (Wildman–Crippen LogP) is -3.29. The zero-order valence-corrected chi connectivity index (χ0v) is 67.6. The molecule has 3 aromatic carbocycles. The maximum atomic E-state index is 14.5. The molecule has 24 N–H and O–H groups in total. The first-order valence-corrected chi connectivity index (χ1v) is 36.9. The normalized spacial score (nSPS) is 14.6. The first kappa shape index (κ1) is 87.1. The molecule has 0 aliphatic carbocycles. The van der Waals surface area contributed by atoms with Crippen LogP contribution in [0, 0.1) is 38.0 Å². The van der Waals surface area contributed by atoms with Crippen LogP contribution in [0.3, 0.4) is 0 Å². The molecule has 9 amide bonds. The summed E-state index contributed by atoms with van der Waals surface area (Å²) in [6.07, 6.45) is -16.5. The summed E-state index contributed by atoms with van der Waals surface area (Å²) in [4.78, 5) is 124. The molecule has 524 valence electrons. The molecule has 9 unspecified atom stereocenters. The van der Waals surface area contributed by atoms with Crippen LogP contribution in [0.25, 0.3) is 0 Å². The number of amides is 9. The van der Waals surface area contributed by atoms with Crippen LogP contribution < -0.4 is 47.9 Å². The Hall–Kier alpha value is -1.14. The van der Waals surface area contributed by atoms with E-state index in [0.717, 1.165) is 0 Å². The molecule has 0 saturated heterocycles. The molecular weight excluding hydrogens is 2280 g/mol. The third-order valence-corrected chi connectivity index (χ3v) is 22.9. The summed E-state index contributed by atoms with van der Waals surface area (Å²) >= 11 is 15.4. The Labute approximate surface area is 657 Å². The maximum absolute atomic E-state index is 14.5. The summed E-state index contributed by atoms with van der Waals surface area (Å²) in [7, 11) is 0. The number of aliphatic hydroxyl groups excluding tert-OH is 15. The average molecular weight is 2340 g/mol. The molecule has 0 bridgehead atoms. The molecule has 0 saturated carbocycles. The van der Waals surface area contributed by atoms with Crippen LogP contribution in [0.1, 0.15) is 81.4 Å². The Balaban J connectivity index is 2.20. The van der Waals surface area contributed by atoms with Gasteiger partial charge in [-0.05, 0) is 228 Å². The Morgan fingerprint density at radius 1 is 0.287 bits per heavy atom.